The molecule has 3 aromatic rings. The summed E-state index contributed by atoms with van der Waals surface area (Å²) < 4.78 is 21.9. The van der Waals surface area contributed by atoms with Gasteiger partial charge in [-0.05, 0) is 30.2 Å². The maximum absolute atomic E-state index is 11.1. The number of nitrogens with zero attached hydrogens (tertiary/aromatic N) is 4. The smallest absolute Gasteiger partial charge is 0.301 e. The number of benzene rings is 1. The summed E-state index contributed by atoms with van der Waals surface area (Å²) in [7, 11) is 0. The number of hydrogen-bond donors (Lipinski definition) is 0. The third-order valence-corrected chi connectivity index (χ3v) is 4.11. The van der Waals surface area contributed by atoms with Crippen LogP contribution in [0.15, 0.2) is 23.0 Å². The standard InChI is InChI=1S/C16H14N4O6/c1-8-16(11-7-24-9(2)23-6-10(11)5-17-8)25-13-4-3-12(20(21)22)14-15(13)19-26-18-14/h3-5,9H,6-7H2,1-2H3/t9-/m1/s1. The van der Waals surface area contributed by atoms with Crippen LogP contribution in [0.1, 0.15) is 23.7 Å². The Kier molecular flexibility index (Phi) is 3.98. The molecule has 4 rings (SSSR count). The lowest BCUT2D eigenvalue weighted by Crippen LogP contribution is -2.08. The van der Waals surface area contributed by atoms with Gasteiger partial charge in [0.25, 0.3) is 0 Å². The molecule has 10 heteroatoms. The summed E-state index contributed by atoms with van der Waals surface area (Å²) in [6, 6.07) is 2.76. The lowest BCUT2D eigenvalue weighted by molar-refractivity contribution is -0.383. The van der Waals surface area contributed by atoms with Gasteiger partial charge in [-0.25, -0.2) is 4.63 Å². The zero-order valence-electron chi connectivity index (χ0n) is 14.0. The van der Waals surface area contributed by atoms with E-state index in [1.807, 2.05) is 6.92 Å². The van der Waals surface area contributed by atoms with Crippen molar-refractivity contribution in [3.63, 3.8) is 0 Å². The second-order valence-electron chi connectivity index (χ2n) is 5.77. The Balaban J connectivity index is 1.79. The summed E-state index contributed by atoms with van der Waals surface area (Å²) in [6.45, 7) is 4.26. The van der Waals surface area contributed by atoms with Gasteiger partial charge in [0.2, 0.25) is 5.52 Å². The van der Waals surface area contributed by atoms with Gasteiger partial charge in [-0.1, -0.05) is 0 Å². The zero-order valence-corrected chi connectivity index (χ0v) is 14.0. The Morgan fingerprint density at radius 2 is 2.00 bits per heavy atom. The van der Waals surface area contributed by atoms with Gasteiger partial charge >= 0.3 is 5.69 Å². The molecule has 0 spiro atoms. The first-order valence-electron chi connectivity index (χ1n) is 7.82. The molecule has 0 unspecified atom stereocenters. The quantitative estimate of drug-likeness (QED) is 0.513. The summed E-state index contributed by atoms with van der Waals surface area (Å²) in [4.78, 5) is 14.9. The molecule has 0 aliphatic carbocycles. The average Bonchev–Trinajstić information content (AvgIpc) is 3.03. The van der Waals surface area contributed by atoms with Gasteiger partial charge in [0.15, 0.2) is 23.3 Å². The molecule has 2 aromatic heterocycles. The van der Waals surface area contributed by atoms with Crippen molar-refractivity contribution in [3.05, 3.63) is 45.3 Å². The van der Waals surface area contributed by atoms with Crippen LogP contribution in [0.4, 0.5) is 5.69 Å². The Morgan fingerprint density at radius 3 is 2.81 bits per heavy atom. The topological polar surface area (TPSA) is 123 Å². The van der Waals surface area contributed by atoms with Crippen molar-refractivity contribution in [1.82, 2.24) is 15.3 Å². The first-order chi connectivity index (χ1) is 12.5. The van der Waals surface area contributed by atoms with E-state index in [0.29, 0.717) is 24.7 Å². The molecule has 0 bridgehead atoms. The summed E-state index contributed by atoms with van der Waals surface area (Å²) in [5, 5.41) is 18.5. The highest BCUT2D eigenvalue weighted by Gasteiger charge is 2.24. The van der Waals surface area contributed by atoms with E-state index < -0.39 is 4.92 Å². The SMILES string of the molecule is Cc1ncc2c(c1Oc1ccc([N+](=O)[O-])c3nonc13)CO[C@H](C)OC2. The zero-order chi connectivity index (χ0) is 18.3. The Bertz CT molecular complexity index is 1000. The highest BCUT2D eigenvalue weighted by atomic mass is 16.7. The van der Waals surface area contributed by atoms with Crippen molar-refractivity contribution in [2.24, 2.45) is 0 Å². The molecule has 1 atom stereocenters. The van der Waals surface area contributed by atoms with Gasteiger partial charge in [-0.15, -0.1) is 0 Å². The van der Waals surface area contributed by atoms with Crippen LogP contribution in [0.5, 0.6) is 11.5 Å². The Labute approximate surface area is 146 Å². The van der Waals surface area contributed by atoms with E-state index in [2.05, 4.69) is 19.9 Å². The number of hydrogen-bond acceptors (Lipinski definition) is 9. The predicted molar refractivity (Wildman–Crippen MR) is 86.5 cm³/mol. The van der Waals surface area contributed by atoms with Crippen LogP contribution in [0, 0.1) is 17.0 Å². The van der Waals surface area contributed by atoms with E-state index in [1.165, 1.54) is 12.1 Å². The molecule has 0 amide bonds. The normalized spacial score (nSPS) is 16.9. The van der Waals surface area contributed by atoms with Gasteiger partial charge in [0, 0.05) is 23.4 Å². The number of ether oxygens (including phenoxy) is 3. The van der Waals surface area contributed by atoms with Crippen molar-refractivity contribution in [2.75, 3.05) is 0 Å². The molecule has 0 N–H and O–H groups in total. The minimum Gasteiger partial charge on any atom is -0.453 e. The maximum atomic E-state index is 11.1. The molecule has 134 valence electrons. The average molecular weight is 358 g/mol. The number of fused-ring (bicyclic) bond motifs is 2. The number of non-ortho nitro benzene ring substituents is 1. The van der Waals surface area contributed by atoms with Gasteiger partial charge < -0.3 is 14.2 Å². The molecule has 3 heterocycles. The van der Waals surface area contributed by atoms with Gasteiger partial charge in [0.05, 0.1) is 23.8 Å². The number of aryl methyl sites for hydroxylation is 1. The minimum atomic E-state index is -0.551. The predicted octanol–water partition coefficient (Wildman–Crippen LogP) is 3.02. The van der Waals surface area contributed by atoms with Crippen LogP contribution >= 0.6 is 0 Å². The van der Waals surface area contributed by atoms with E-state index >= 15 is 0 Å². The van der Waals surface area contributed by atoms with Crippen LogP contribution < -0.4 is 4.74 Å². The summed E-state index contributed by atoms with van der Waals surface area (Å²) in [6.07, 6.45) is 1.38. The molecular weight excluding hydrogens is 344 g/mol. The number of nitro benzene ring substituents is 1. The first kappa shape index (κ1) is 16.4. The monoisotopic (exact) mass is 358 g/mol. The summed E-state index contributed by atoms with van der Waals surface area (Å²) in [5.41, 5.74) is 2.28. The fourth-order valence-corrected chi connectivity index (χ4v) is 2.72. The number of pyridine rings is 1. The summed E-state index contributed by atoms with van der Waals surface area (Å²) in [5.74, 6) is 0.779. The molecule has 1 aromatic carbocycles. The highest BCUT2D eigenvalue weighted by molar-refractivity contribution is 5.88. The van der Waals surface area contributed by atoms with Crippen molar-refractivity contribution in [2.45, 2.75) is 33.4 Å². The minimum absolute atomic E-state index is 0.0216. The second-order valence-corrected chi connectivity index (χ2v) is 5.77. The third-order valence-electron chi connectivity index (χ3n) is 4.11. The summed E-state index contributed by atoms with van der Waals surface area (Å²) >= 11 is 0. The maximum Gasteiger partial charge on any atom is 0.301 e. The van der Waals surface area contributed by atoms with Crippen LogP contribution in [0.25, 0.3) is 11.0 Å². The highest BCUT2D eigenvalue weighted by Crippen LogP contribution is 2.37. The Hall–Kier alpha value is -3.11. The van der Waals surface area contributed by atoms with E-state index in [1.54, 1.807) is 13.1 Å². The molecule has 0 saturated carbocycles. The van der Waals surface area contributed by atoms with Gasteiger partial charge in [-0.2, -0.15) is 0 Å². The molecule has 1 aliphatic heterocycles. The van der Waals surface area contributed by atoms with E-state index in [4.69, 9.17) is 14.2 Å². The van der Waals surface area contributed by atoms with Crippen molar-refractivity contribution in [1.29, 1.82) is 0 Å². The van der Waals surface area contributed by atoms with Crippen LogP contribution in [0.2, 0.25) is 0 Å². The molecule has 0 saturated heterocycles. The van der Waals surface area contributed by atoms with E-state index in [-0.39, 0.29) is 28.8 Å². The molecular formula is C16H14N4O6. The van der Waals surface area contributed by atoms with Gasteiger partial charge in [-0.3, -0.25) is 15.1 Å². The second kappa shape index (κ2) is 6.32. The van der Waals surface area contributed by atoms with Crippen molar-refractivity contribution < 1.29 is 23.8 Å². The van der Waals surface area contributed by atoms with Crippen LogP contribution in [-0.2, 0) is 22.7 Å². The molecule has 0 radical (unpaired) electrons. The largest absolute Gasteiger partial charge is 0.453 e. The van der Waals surface area contributed by atoms with Crippen molar-refractivity contribution >= 4 is 16.7 Å². The van der Waals surface area contributed by atoms with Crippen molar-refractivity contribution in [3.8, 4) is 11.5 Å². The van der Waals surface area contributed by atoms with Crippen LogP contribution in [-0.4, -0.2) is 26.5 Å². The molecule has 26 heavy (non-hydrogen) atoms. The lowest BCUT2D eigenvalue weighted by Gasteiger charge is -2.14. The third kappa shape index (κ3) is 2.74. The molecule has 10 nitrogen and oxygen atoms in total. The first-order valence-corrected chi connectivity index (χ1v) is 7.82. The number of nitro groups is 1. The number of rotatable bonds is 3. The van der Waals surface area contributed by atoms with Crippen LogP contribution in [0.3, 0.4) is 0 Å². The fraction of sp³-hybridized carbons (Fsp3) is 0.312. The number of aromatic nitrogens is 3. The van der Waals surface area contributed by atoms with E-state index in [9.17, 15) is 10.1 Å². The van der Waals surface area contributed by atoms with E-state index in [0.717, 1.165) is 11.1 Å². The molecule has 0 fully saturated rings. The lowest BCUT2D eigenvalue weighted by atomic mass is 10.1. The fourth-order valence-electron chi connectivity index (χ4n) is 2.72. The Morgan fingerprint density at radius 1 is 1.23 bits per heavy atom. The molecule has 1 aliphatic rings. The van der Waals surface area contributed by atoms with Gasteiger partial charge in [0.1, 0.15) is 0 Å².